The number of carbonyl (C=O) groups is 1. The molecule has 2 aromatic carbocycles. The summed E-state index contributed by atoms with van der Waals surface area (Å²) in [5, 5.41) is 2.74. The molecule has 0 aliphatic carbocycles. The smallest absolute Gasteiger partial charge is 0.245 e. The van der Waals surface area contributed by atoms with Crippen molar-refractivity contribution in [3.8, 4) is 0 Å². The minimum atomic E-state index is -3.96. The Morgan fingerprint density at radius 3 is 2.15 bits per heavy atom. The highest BCUT2D eigenvalue weighted by atomic mass is 32.2. The lowest BCUT2D eigenvalue weighted by Gasteiger charge is -2.23. The van der Waals surface area contributed by atoms with Crippen LogP contribution in [0.15, 0.2) is 36.4 Å². The summed E-state index contributed by atoms with van der Waals surface area (Å²) in [5.41, 5.74) is 2.09. The summed E-state index contributed by atoms with van der Waals surface area (Å²) in [4.78, 5) is 12.5. The van der Waals surface area contributed by atoms with E-state index in [1.165, 1.54) is 0 Å². The predicted molar refractivity (Wildman–Crippen MR) is 102 cm³/mol. The molecule has 2 aromatic rings. The molecule has 0 saturated carbocycles. The second-order valence-electron chi connectivity index (χ2n) is 6.07. The highest BCUT2D eigenvalue weighted by Gasteiger charge is 2.24. The Kier molecular flexibility index (Phi) is 6.54. The number of rotatable bonds is 7. The Hall–Kier alpha value is -2.48. The highest BCUT2D eigenvalue weighted by molar-refractivity contribution is 7.92. The molecule has 0 aliphatic rings. The van der Waals surface area contributed by atoms with Gasteiger partial charge in [-0.1, -0.05) is 32.0 Å². The maximum absolute atomic E-state index is 14.1. The number of para-hydroxylation sites is 1. The van der Waals surface area contributed by atoms with Crippen LogP contribution in [0.4, 0.5) is 20.2 Å². The topological polar surface area (TPSA) is 66.5 Å². The molecule has 27 heavy (non-hydrogen) atoms. The molecular formula is C19H22F2N2O3S. The Balaban J connectivity index is 2.33. The van der Waals surface area contributed by atoms with E-state index in [1.54, 1.807) is 0 Å². The SMILES string of the molecule is CCc1cccc(CC)c1NC(=O)CN(c1ccc(F)cc1F)S(C)(=O)=O. The fourth-order valence-corrected chi connectivity index (χ4v) is 3.63. The van der Waals surface area contributed by atoms with Crippen LogP contribution in [0.2, 0.25) is 0 Å². The normalized spacial score (nSPS) is 11.3. The van der Waals surface area contributed by atoms with Crippen LogP contribution in [0, 0.1) is 11.6 Å². The molecule has 0 bridgehead atoms. The second kappa shape index (κ2) is 8.47. The average molecular weight is 396 g/mol. The van der Waals surface area contributed by atoms with E-state index >= 15 is 0 Å². The summed E-state index contributed by atoms with van der Waals surface area (Å²) in [6.45, 7) is 3.27. The third kappa shape index (κ3) is 5.03. The van der Waals surface area contributed by atoms with Gasteiger partial charge in [0, 0.05) is 11.8 Å². The zero-order chi connectivity index (χ0) is 20.2. The molecule has 2 rings (SSSR count). The Labute approximate surface area is 158 Å². The van der Waals surface area contributed by atoms with Crippen LogP contribution >= 0.6 is 0 Å². The van der Waals surface area contributed by atoms with Crippen LogP contribution in [0.3, 0.4) is 0 Å². The van der Waals surface area contributed by atoms with E-state index in [0.717, 1.165) is 29.5 Å². The van der Waals surface area contributed by atoms with Crippen molar-refractivity contribution in [3.05, 3.63) is 59.2 Å². The summed E-state index contributed by atoms with van der Waals surface area (Å²) >= 11 is 0. The number of hydrogen-bond acceptors (Lipinski definition) is 3. The summed E-state index contributed by atoms with van der Waals surface area (Å²) < 4.78 is 52.0. The summed E-state index contributed by atoms with van der Waals surface area (Å²) in [7, 11) is -3.96. The fourth-order valence-electron chi connectivity index (χ4n) is 2.78. The molecule has 146 valence electrons. The molecule has 0 radical (unpaired) electrons. The molecule has 0 spiro atoms. The molecule has 0 atom stereocenters. The van der Waals surface area contributed by atoms with Crippen LogP contribution < -0.4 is 9.62 Å². The fraction of sp³-hybridized carbons (Fsp3) is 0.316. The quantitative estimate of drug-likeness (QED) is 0.779. The first-order chi connectivity index (χ1) is 12.7. The largest absolute Gasteiger partial charge is 0.324 e. The number of sulfonamides is 1. The van der Waals surface area contributed by atoms with Gasteiger partial charge >= 0.3 is 0 Å². The number of benzene rings is 2. The van der Waals surface area contributed by atoms with Crippen molar-refractivity contribution in [3.63, 3.8) is 0 Å². The zero-order valence-corrected chi connectivity index (χ0v) is 16.2. The van der Waals surface area contributed by atoms with Crippen molar-refractivity contribution in [2.75, 3.05) is 22.4 Å². The number of aryl methyl sites for hydroxylation is 2. The van der Waals surface area contributed by atoms with Crippen LogP contribution in [-0.2, 0) is 27.7 Å². The van der Waals surface area contributed by atoms with Crippen molar-refractivity contribution in [2.24, 2.45) is 0 Å². The van der Waals surface area contributed by atoms with Gasteiger partial charge in [0.05, 0.1) is 11.9 Å². The molecule has 0 saturated heterocycles. The van der Waals surface area contributed by atoms with Crippen molar-refractivity contribution in [1.29, 1.82) is 0 Å². The first-order valence-electron chi connectivity index (χ1n) is 8.50. The van der Waals surface area contributed by atoms with Crippen LogP contribution in [0.5, 0.6) is 0 Å². The first kappa shape index (κ1) is 20.8. The number of amides is 1. The van der Waals surface area contributed by atoms with Gasteiger partial charge in [-0.15, -0.1) is 0 Å². The van der Waals surface area contributed by atoms with Gasteiger partial charge in [-0.05, 0) is 36.1 Å². The third-order valence-corrected chi connectivity index (χ3v) is 5.26. The lowest BCUT2D eigenvalue weighted by Crippen LogP contribution is -2.38. The van der Waals surface area contributed by atoms with Crippen LogP contribution in [0.1, 0.15) is 25.0 Å². The van der Waals surface area contributed by atoms with Crippen molar-refractivity contribution >= 4 is 27.3 Å². The molecule has 0 fully saturated rings. The van der Waals surface area contributed by atoms with Crippen molar-refractivity contribution in [1.82, 2.24) is 0 Å². The maximum atomic E-state index is 14.1. The summed E-state index contributed by atoms with van der Waals surface area (Å²) in [6.07, 6.45) is 2.23. The Morgan fingerprint density at radius 2 is 1.67 bits per heavy atom. The highest BCUT2D eigenvalue weighted by Crippen LogP contribution is 2.25. The van der Waals surface area contributed by atoms with E-state index in [2.05, 4.69) is 5.32 Å². The molecular weight excluding hydrogens is 374 g/mol. The number of anilines is 2. The molecule has 1 N–H and O–H groups in total. The molecule has 0 heterocycles. The minimum Gasteiger partial charge on any atom is -0.324 e. The summed E-state index contributed by atoms with van der Waals surface area (Å²) in [6, 6.07) is 8.16. The van der Waals surface area contributed by atoms with Gasteiger partial charge in [-0.3, -0.25) is 9.10 Å². The molecule has 0 unspecified atom stereocenters. The van der Waals surface area contributed by atoms with E-state index in [4.69, 9.17) is 0 Å². The van der Waals surface area contributed by atoms with E-state index < -0.39 is 34.1 Å². The van der Waals surface area contributed by atoms with Gasteiger partial charge in [0.2, 0.25) is 15.9 Å². The number of nitrogens with one attached hydrogen (secondary N) is 1. The van der Waals surface area contributed by atoms with Gasteiger partial charge in [0.15, 0.2) is 0 Å². The average Bonchev–Trinajstić information content (AvgIpc) is 2.59. The molecule has 5 nitrogen and oxygen atoms in total. The number of halogens is 2. The molecule has 0 aromatic heterocycles. The van der Waals surface area contributed by atoms with E-state index in [9.17, 15) is 22.0 Å². The zero-order valence-electron chi connectivity index (χ0n) is 15.4. The van der Waals surface area contributed by atoms with Gasteiger partial charge in [-0.2, -0.15) is 0 Å². The Bertz CT molecular complexity index is 924. The van der Waals surface area contributed by atoms with Crippen LogP contribution in [-0.4, -0.2) is 27.1 Å². The third-order valence-electron chi connectivity index (χ3n) is 4.13. The van der Waals surface area contributed by atoms with Gasteiger partial charge in [0.1, 0.15) is 18.2 Å². The van der Waals surface area contributed by atoms with Gasteiger partial charge < -0.3 is 5.32 Å². The van der Waals surface area contributed by atoms with Crippen LogP contribution in [0.25, 0.3) is 0 Å². The van der Waals surface area contributed by atoms with Gasteiger partial charge in [0.25, 0.3) is 0 Å². The maximum Gasteiger partial charge on any atom is 0.245 e. The number of nitrogens with zero attached hydrogens (tertiary/aromatic N) is 1. The molecule has 0 aliphatic heterocycles. The number of hydrogen-bond donors (Lipinski definition) is 1. The van der Waals surface area contributed by atoms with Gasteiger partial charge in [-0.25, -0.2) is 17.2 Å². The lowest BCUT2D eigenvalue weighted by molar-refractivity contribution is -0.114. The molecule has 8 heteroatoms. The summed E-state index contributed by atoms with van der Waals surface area (Å²) in [5.74, 6) is -2.50. The van der Waals surface area contributed by atoms with E-state index in [-0.39, 0.29) is 5.69 Å². The molecule has 1 amide bonds. The van der Waals surface area contributed by atoms with Crippen molar-refractivity contribution < 1.29 is 22.0 Å². The monoisotopic (exact) mass is 396 g/mol. The minimum absolute atomic E-state index is 0.381. The predicted octanol–water partition coefficient (Wildman–Crippen LogP) is 3.49. The first-order valence-corrected chi connectivity index (χ1v) is 10.4. The van der Waals surface area contributed by atoms with E-state index in [0.29, 0.717) is 28.9 Å². The van der Waals surface area contributed by atoms with Crippen molar-refractivity contribution in [2.45, 2.75) is 26.7 Å². The van der Waals surface area contributed by atoms with E-state index in [1.807, 2.05) is 32.0 Å². The standard InChI is InChI=1S/C19H22F2N2O3S/c1-4-13-7-6-8-14(5-2)19(13)22-18(24)12-23(27(3,25)26)17-10-9-15(20)11-16(17)21/h6-11H,4-5,12H2,1-3H3,(H,22,24). The second-order valence-corrected chi connectivity index (χ2v) is 7.98. The number of carbonyl (C=O) groups excluding carboxylic acids is 1. The lowest BCUT2D eigenvalue weighted by atomic mass is 10.0. The Morgan fingerprint density at radius 1 is 1.07 bits per heavy atom.